The zero-order valence-electron chi connectivity index (χ0n) is 7.41. The first-order chi connectivity index (χ1) is 6.46. The fourth-order valence-electron chi connectivity index (χ4n) is 0.731. The average Bonchev–Trinajstić information content (AvgIpc) is 1.99. The zero-order valence-corrected chi connectivity index (χ0v) is 10.1. The molecule has 0 aliphatic rings. The van der Waals surface area contributed by atoms with E-state index in [1.165, 1.54) is 0 Å². The van der Waals surface area contributed by atoms with Gasteiger partial charge in [0.25, 0.3) is 0 Å². The number of hydrogen-bond acceptors (Lipinski definition) is 5. The molecule has 0 saturated heterocycles. The van der Waals surface area contributed by atoms with Gasteiger partial charge in [-0.2, -0.15) is 12.6 Å². The molecule has 0 radical (unpaired) electrons. The summed E-state index contributed by atoms with van der Waals surface area (Å²) in [5.41, 5.74) is 5.06. The van der Waals surface area contributed by atoms with Crippen LogP contribution in [0.3, 0.4) is 0 Å². The largest absolute Gasteiger partial charge is 0.379 e. The minimum atomic E-state index is -4.75. The Kier molecular flexibility index (Phi) is 5.47. The quantitative estimate of drug-likeness (QED) is 0.240. The standard InChI is InChI=1S/C4H13NO7P2S/c5-3(13(7,8)9)1-2(15)4(6)14(10,11)12/h2-4,6,15H,1,5H2,(H2,7,8,9)(H2,10,11,12). The van der Waals surface area contributed by atoms with Gasteiger partial charge in [-0.25, -0.2) is 0 Å². The molecule has 8 nitrogen and oxygen atoms in total. The Hall–Kier alpha value is 0.570. The third-order valence-electron chi connectivity index (χ3n) is 1.60. The fraction of sp³-hybridized carbons (Fsp3) is 1.00. The molecule has 3 atom stereocenters. The highest BCUT2D eigenvalue weighted by Crippen LogP contribution is 2.46. The van der Waals surface area contributed by atoms with Crippen LogP contribution in [-0.2, 0) is 9.13 Å². The van der Waals surface area contributed by atoms with Gasteiger partial charge in [-0.3, -0.25) is 9.13 Å². The van der Waals surface area contributed by atoms with E-state index in [4.69, 9.17) is 30.4 Å². The van der Waals surface area contributed by atoms with Gasteiger partial charge in [-0.05, 0) is 6.42 Å². The summed E-state index contributed by atoms with van der Waals surface area (Å²) in [5.74, 6) is -3.71. The lowest BCUT2D eigenvalue weighted by Crippen LogP contribution is -2.30. The Labute approximate surface area is 91.2 Å². The van der Waals surface area contributed by atoms with Crippen molar-refractivity contribution < 1.29 is 33.8 Å². The molecular formula is C4H13NO7P2S. The lowest BCUT2D eigenvalue weighted by atomic mass is 10.3. The van der Waals surface area contributed by atoms with Crippen molar-refractivity contribution in [1.29, 1.82) is 0 Å². The zero-order chi connectivity index (χ0) is 12.4. The van der Waals surface area contributed by atoms with Gasteiger partial charge in [0.05, 0.1) is 0 Å². The molecule has 3 unspecified atom stereocenters. The van der Waals surface area contributed by atoms with Crippen LogP contribution in [0.5, 0.6) is 0 Å². The van der Waals surface area contributed by atoms with Crippen LogP contribution in [0.1, 0.15) is 6.42 Å². The molecule has 0 aromatic heterocycles. The number of rotatable bonds is 5. The van der Waals surface area contributed by atoms with Crippen LogP contribution in [0.25, 0.3) is 0 Å². The van der Waals surface area contributed by atoms with E-state index in [-0.39, 0.29) is 0 Å². The summed E-state index contributed by atoms with van der Waals surface area (Å²) in [5, 5.41) is 7.71. The van der Waals surface area contributed by atoms with Crippen LogP contribution < -0.4 is 5.73 Å². The summed E-state index contributed by atoms with van der Waals surface area (Å²) < 4.78 is 21.2. The maximum Gasteiger partial charge on any atom is 0.354 e. The molecule has 92 valence electrons. The molecule has 0 aliphatic carbocycles. The van der Waals surface area contributed by atoms with Gasteiger partial charge in [0, 0.05) is 5.25 Å². The topological polar surface area (TPSA) is 161 Å². The third-order valence-corrected chi connectivity index (χ3v) is 4.46. The SMILES string of the molecule is NC(CC(S)C(O)P(=O)(O)O)P(=O)(O)O. The van der Waals surface area contributed by atoms with Crippen molar-refractivity contribution >= 4 is 27.8 Å². The number of nitrogens with two attached hydrogens (primary N) is 1. The Bertz CT molecular complexity index is 299. The van der Waals surface area contributed by atoms with Crippen LogP contribution in [0.15, 0.2) is 0 Å². The maximum atomic E-state index is 10.6. The van der Waals surface area contributed by atoms with E-state index in [9.17, 15) is 9.13 Å². The van der Waals surface area contributed by atoms with Crippen molar-refractivity contribution in [2.75, 3.05) is 0 Å². The van der Waals surface area contributed by atoms with Gasteiger partial charge in [-0.15, -0.1) is 0 Å². The second-order valence-electron chi connectivity index (χ2n) is 2.96. The summed E-state index contributed by atoms with van der Waals surface area (Å²) in [6.45, 7) is 0. The molecule has 7 N–H and O–H groups in total. The van der Waals surface area contributed by atoms with Crippen molar-refractivity contribution in [2.24, 2.45) is 5.73 Å². The highest BCUT2D eigenvalue weighted by atomic mass is 32.1. The highest BCUT2D eigenvalue weighted by Gasteiger charge is 2.36. The number of aliphatic hydroxyl groups excluding tert-OH is 1. The number of aliphatic hydroxyl groups is 1. The van der Waals surface area contributed by atoms with Crippen LogP contribution in [0.4, 0.5) is 0 Å². The van der Waals surface area contributed by atoms with Crippen molar-refractivity contribution in [1.82, 2.24) is 0 Å². The van der Waals surface area contributed by atoms with Gasteiger partial charge in [0.15, 0.2) is 5.85 Å². The molecule has 0 aliphatic heterocycles. The predicted molar refractivity (Wildman–Crippen MR) is 55.5 cm³/mol. The molecule has 15 heavy (non-hydrogen) atoms. The molecule has 0 bridgehead atoms. The van der Waals surface area contributed by atoms with Gasteiger partial charge < -0.3 is 30.4 Å². The Morgan fingerprint density at radius 1 is 1.13 bits per heavy atom. The van der Waals surface area contributed by atoms with E-state index in [0.29, 0.717) is 0 Å². The van der Waals surface area contributed by atoms with E-state index in [1.54, 1.807) is 0 Å². The summed E-state index contributed by atoms with van der Waals surface area (Å²) in [4.78, 5) is 34.3. The Balaban J connectivity index is 4.45. The smallest absolute Gasteiger partial charge is 0.354 e. The molecule has 0 saturated carbocycles. The van der Waals surface area contributed by atoms with Crippen LogP contribution >= 0.6 is 27.8 Å². The first kappa shape index (κ1) is 15.6. The molecule has 0 amide bonds. The van der Waals surface area contributed by atoms with Crippen LogP contribution in [0, 0.1) is 0 Å². The summed E-state index contributed by atoms with van der Waals surface area (Å²) >= 11 is 3.62. The minimum Gasteiger partial charge on any atom is -0.379 e. The maximum absolute atomic E-state index is 10.6. The van der Waals surface area contributed by atoms with E-state index >= 15 is 0 Å². The fourth-order valence-corrected chi connectivity index (χ4v) is 2.72. The van der Waals surface area contributed by atoms with Crippen LogP contribution in [-0.4, -0.2) is 41.6 Å². The summed E-state index contributed by atoms with van der Waals surface area (Å²) in [6.07, 6.45) is -0.514. The molecule has 0 fully saturated rings. The Morgan fingerprint density at radius 3 is 1.80 bits per heavy atom. The van der Waals surface area contributed by atoms with Gasteiger partial charge >= 0.3 is 15.2 Å². The highest BCUT2D eigenvalue weighted by molar-refractivity contribution is 7.81. The molecule has 0 heterocycles. The van der Waals surface area contributed by atoms with E-state index < -0.39 is 38.5 Å². The van der Waals surface area contributed by atoms with Gasteiger partial charge in [0.1, 0.15) is 5.78 Å². The van der Waals surface area contributed by atoms with Crippen molar-refractivity contribution in [3.8, 4) is 0 Å². The second kappa shape index (κ2) is 5.27. The molecule has 11 heteroatoms. The second-order valence-corrected chi connectivity index (χ2v) is 7.17. The molecule has 0 rings (SSSR count). The lowest BCUT2D eigenvalue weighted by molar-refractivity contribution is 0.195. The molecule has 0 aromatic rings. The van der Waals surface area contributed by atoms with E-state index in [2.05, 4.69) is 12.6 Å². The monoisotopic (exact) mass is 281 g/mol. The third kappa shape index (κ3) is 5.44. The minimum absolute atomic E-state index is 0.514. The van der Waals surface area contributed by atoms with Crippen molar-refractivity contribution in [3.63, 3.8) is 0 Å². The first-order valence-corrected chi connectivity index (χ1v) is 7.56. The molecule has 0 spiro atoms. The first-order valence-electron chi connectivity index (χ1n) is 3.68. The number of hydrogen-bond donors (Lipinski definition) is 7. The molecule has 0 aromatic carbocycles. The van der Waals surface area contributed by atoms with Crippen molar-refractivity contribution in [3.05, 3.63) is 0 Å². The Morgan fingerprint density at radius 2 is 1.53 bits per heavy atom. The summed E-state index contributed by atoms with van der Waals surface area (Å²) in [7, 11) is -9.29. The molecular weight excluding hydrogens is 268 g/mol. The van der Waals surface area contributed by atoms with Crippen LogP contribution in [0.2, 0.25) is 0 Å². The van der Waals surface area contributed by atoms with Crippen molar-refractivity contribution in [2.45, 2.75) is 23.3 Å². The van der Waals surface area contributed by atoms with E-state index in [0.717, 1.165) is 0 Å². The predicted octanol–water partition coefficient (Wildman–Crippen LogP) is -1.37. The van der Waals surface area contributed by atoms with Gasteiger partial charge in [-0.1, -0.05) is 0 Å². The van der Waals surface area contributed by atoms with Gasteiger partial charge in [0.2, 0.25) is 0 Å². The average molecular weight is 281 g/mol. The normalized spacial score (nSPS) is 19.7. The lowest BCUT2D eigenvalue weighted by Gasteiger charge is -2.22. The summed E-state index contributed by atoms with van der Waals surface area (Å²) in [6, 6.07) is 0. The van der Waals surface area contributed by atoms with E-state index in [1.807, 2.05) is 0 Å². The number of thiol groups is 1.